The van der Waals surface area contributed by atoms with Gasteiger partial charge < -0.3 is 5.11 Å². The fourth-order valence-electron chi connectivity index (χ4n) is 4.51. The van der Waals surface area contributed by atoms with Gasteiger partial charge in [-0.2, -0.15) is 0 Å². The summed E-state index contributed by atoms with van der Waals surface area (Å²) in [5.74, 6) is 0. The minimum absolute atomic E-state index is 0.0813. The van der Waals surface area contributed by atoms with Crippen molar-refractivity contribution in [2.24, 2.45) is 0 Å². The Hall–Kier alpha value is -0.120. The summed E-state index contributed by atoms with van der Waals surface area (Å²) in [5, 5.41) is 10.5. The van der Waals surface area contributed by atoms with Gasteiger partial charge in [-0.15, -0.1) is 0 Å². The highest BCUT2D eigenvalue weighted by molar-refractivity contribution is 4.94. The van der Waals surface area contributed by atoms with E-state index in [-0.39, 0.29) is 6.10 Å². The average Bonchev–Trinajstić information content (AvgIpc) is 2.61. The number of aliphatic hydroxyl groups excluding tert-OH is 1. The molecule has 0 aromatic heterocycles. The molecule has 4 unspecified atom stereocenters. The van der Waals surface area contributed by atoms with Crippen LogP contribution in [0.1, 0.15) is 57.8 Å². The summed E-state index contributed by atoms with van der Waals surface area (Å²) in [6.07, 6.45) is 11.4. The van der Waals surface area contributed by atoms with Gasteiger partial charge in [0.1, 0.15) is 0 Å². The third-order valence-corrected chi connectivity index (χ3v) is 5.84. The Balaban J connectivity index is 1.66. The fraction of sp³-hybridized carbons (Fsp3) is 1.00. The Bertz CT molecular complexity index is 296. The van der Waals surface area contributed by atoms with E-state index < -0.39 is 0 Å². The largest absolute Gasteiger partial charge is 0.391 e. The normalized spacial score (nSPS) is 42.6. The lowest BCUT2D eigenvalue weighted by Gasteiger charge is -2.37. The van der Waals surface area contributed by atoms with Gasteiger partial charge in [-0.3, -0.25) is 9.80 Å². The molecule has 19 heavy (non-hydrogen) atoms. The number of hydrogen-bond acceptors (Lipinski definition) is 3. The maximum Gasteiger partial charge on any atom is 0.0695 e. The Morgan fingerprint density at radius 3 is 2.42 bits per heavy atom. The molecule has 0 amide bonds. The molecule has 3 rings (SSSR count). The standard InChI is InChI=1S/C16H30N2O/c1-17-13-8-9-14(17)12-18(11-10-13)15-6-4-2-3-5-7-16(15)19/h13-16,19H,2-12H2,1H3. The van der Waals surface area contributed by atoms with Crippen LogP contribution >= 0.6 is 0 Å². The lowest BCUT2D eigenvalue weighted by Crippen LogP contribution is -2.48. The molecule has 4 atom stereocenters. The molecule has 1 saturated carbocycles. The van der Waals surface area contributed by atoms with E-state index in [1.165, 1.54) is 64.5 Å². The van der Waals surface area contributed by atoms with E-state index in [0.717, 1.165) is 18.5 Å². The second kappa shape index (κ2) is 6.11. The quantitative estimate of drug-likeness (QED) is 0.788. The molecule has 1 aliphatic carbocycles. The first kappa shape index (κ1) is 13.8. The minimum atomic E-state index is -0.0813. The van der Waals surface area contributed by atoms with Gasteiger partial charge in [0.2, 0.25) is 0 Å². The van der Waals surface area contributed by atoms with Crippen LogP contribution in [0, 0.1) is 0 Å². The van der Waals surface area contributed by atoms with Crippen molar-refractivity contribution < 1.29 is 5.11 Å². The van der Waals surface area contributed by atoms with Crippen LogP contribution in [0.3, 0.4) is 0 Å². The number of aliphatic hydroxyl groups is 1. The van der Waals surface area contributed by atoms with E-state index in [4.69, 9.17) is 0 Å². The van der Waals surface area contributed by atoms with E-state index in [0.29, 0.717) is 6.04 Å². The van der Waals surface area contributed by atoms with Gasteiger partial charge in [-0.25, -0.2) is 0 Å². The van der Waals surface area contributed by atoms with Crippen LogP contribution in [-0.4, -0.2) is 59.3 Å². The molecular formula is C16H30N2O. The van der Waals surface area contributed by atoms with Crippen molar-refractivity contribution in [3.8, 4) is 0 Å². The van der Waals surface area contributed by atoms with Gasteiger partial charge in [0, 0.05) is 31.2 Å². The first-order valence-corrected chi connectivity index (χ1v) is 8.40. The molecule has 3 nitrogen and oxygen atoms in total. The predicted octanol–water partition coefficient (Wildman–Crippen LogP) is 2.24. The van der Waals surface area contributed by atoms with Crippen molar-refractivity contribution in [2.45, 2.75) is 82.0 Å². The molecule has 0 radical (unpaired) electrons. The number of nitrogens with zero attached hydrogens (tertiary/aromatic N) is 2. The summed E-state index contributed by atoms with van der Waals surface area (Å²) in [5.41, 5.74) is 0. The van der Waals surface area contributed by atoms with E-state index in [1.54, 1.807) is 0 Å². The average molecular weight is 266 g/mol. The van der Waals surface area contributed by atoms with Crippen molar-refractivity contribution in [2.75, 3.05) is 20.1 Å². The van der Waals surface area contributed by atoms with Crippen molar-refractivity contribution in [1.82, 2.24) is 9.80 Å². The number of fused-ring (bicyclic) bond motifs is 2. The number of rotatable bonds is 1. The first-order valence-electron chi connectivity index (χ1n) is 8.40. The molecule has 0 spiro atoms. The SMILES string of the molecule is CN1C2CCC1CN(C1CCCCCCC1O)CC2. The van der Waals surface area contributed by atoms with Gasteiger partial charge >= 0.3 is 0 Å². The van der Waals surface area contributed by atoms with Gasteiger partial charge in [0.05, 0.1) is 6.10 Å². The summed E-state index contributed by atoms with van der Waals surface area (Å²) in [6, 6.07) is 1.99. The second-order valence-electron chi connectivity index (χ2n) is 6.96. The van der Waals surface area contributed by atoms with Gasteiger partial charge in [0.25, 0.3) is 0 Å². The molecule has 2 bridgehead atoms. The molecule has 2 heterocycles. The van der Waals surface area contributed by atoms with Crippen LogP contribution < -0.4 is 0 Å². The third kappa shape index (κ3) is 2.98. The number of hydrogen-bond donors (Lipinski definition) is 1. The third-order valence-electron chi connectivity index (χ3n) is 5.84. The van der Waals surface area contributed by atoms with E-state index >= 15 is 0 Å². The van der Waals surface area contributed by atoms with Crippen molar-refractivity contribution in [1.29, 1.82) is 0 Å². The Morgan fingerprint density at radius 2 is 1.58 bits per heavy atom. The van der Waals surface area contributed by atoms with Gasteiger partial charge in [-0.1, -0.05) is 25.7 Å². The summed E-state index contributed by atoms with van der Waals surface area (Å²) in [6.45, 7) is 2.39. The Kier molecular flexibility index (Phi) is 4.45. The summed E-state index contributed by atoms with van der Waals surface area (Å²) >= 11 is 0. The molecule has 1 N–H and O–H groups in total. The molecule has 2 aliphatic heterocycles. The van der Waals surface area contributed by atoms with E-state index in [9.17, 15) is 5.11 Å². The van der Waals surface area contributed by atoms with E-state index in [1.807, 2.05) is 0 Å². The molecule has 0 aromatic rings. The zero-order valence-electron chi connectivity index (χ0n) is 12.4. The van der Waals surface area contributed by atoms with Gasteiger partial charge in [-0.05, 0) is 39.2 Å². The molecule has 110 valence electrons. The Morgan fingerprint density at radius 1 is 0.842 bits per heavy atom. The first-order chi connectivity index (χ1) is 9.25. The monoisotopic (exact) mass is 266 g/mol. The molecule has 3 aliphatic rings. The fourth-order valence-corrected chi connectivity index (χ4v) is 4.51. The molecule has 0 aromatic carbocycles. The maximum atomic E-state index is 10.5. The van der Waals surface area contributed by atoms with Gasteiger partial charge in [0.15, 0.2) is 0 Å². The summed E-state index contributed by atoms with van der Waals surface area (Å²) in [7, 11) is 2.31. The smallest absolute Gasteiger partial charge is 0.0695 e. The highest BCUT2D eigenvalue weighted by Gasteiger charge is 2.37. The Labute approximate surface area is 118 Å². The second-order valence-corrected chi connectivity index (χ2v) is 6.96. The van der Waals surface area contributed by atoms with Crippen LogP contribution in [0.15, 0.2) is 0 Å². The number of likely N-dealkylation sites (tertiary alicyclic amines) is 1. The zero-order valence-corrected chi connectivity index (χ0v) is 12.4. The molecular weight excluding hydrogens is 236 g/mol. The number of likely N-dealkylation sites (N-methyl/N-ethyl adjacent to an activating group) is 1. The lowest BCUT2D eigenvalue weighted by atomic mass is 9.92. The molecule has 2 saturated heterocycles. The van der Waals surface area contributed by atoms with Crippen LogP contribution in [0.4, 0.5) is 0 Å². The minimum Gasteiger partial charge on any atom is -0.391 e. The maximum absolute atomic E-state index is 10.5. The lowest BCUT2D eigenvalue weighted by molar-refractivity contribution is 0.0271. The predicted molar refractivity (Wildman–Crippen MR) is 78.3 cm³/mol. The summed E-state index contributed by atoms with van der Waals surface area (Å²) < 4.78 is 0. The summed E-state index contributed by atoms with van der Waals surface area (Å²) in [4.78, 5) is 5.24. The highest BCUT2D eigenvalue weighted by atomic mass is 16.3. The van der Waals surface area contributed by atoms with Crippen molar-refractivity contribution >= 4 is 0 Å². The van der Waals surface area contributed by atoms with Crippen molar-refractivity contribution in [3.63, 3.8) is 0 Å². The van der Waals surface area contributed by atoms with E-state index in [2.05, 4.69) is 16.8 Å². The van der Waals surface area contributed by atoms with Crippen LogP contribution in [0.25, 0.3) is 0 Å². The highest BCUT2D eigenvalue weighted by Crippen LogP contribution is 2.31. The zero-order chi connectivity index (χ0) is 13.2. The van der Waals surface area contributed by atoms with Crippen molar-refractivity contribution in [3.05, 3.63) is 0 Å². The van der Waals surface area contributed by atoms with Crippen LogP contribution in [0.2, 0.25) is 0 Å². The topological polar surface area (TPSA) is 26.7 Å². The van der Waals surface area contributed by atoms with Crippen LogP contribution in [-0.2, 0) is 0 Å². The van der Waals surface area contributed by atoms with Crippen LogP contribution in [0.5, 0.6) is 0 Å². The molecule has 3 fully saturated rings. The molecule has 3 heteroatoms.